The van der Waals surface area contributed by atoms with E-state index in [9.17, 15) is 14.0 Å². The Morgan fingerprint density at radius 3 is 2.62 bits per heavy atom. The first-order valence-corrected chi connectivity index (χ1v) is 9.76. The zero-order valence-electron chi connectivity index (χ0n) is 15.6. The Morgan fingerprint density at radius 1 is 1.21 bits per heavy atom. The van der Waals surface area contributed by atoms with Gasteiger partial charge in [0.2, 0.25) is 5.91 Å². The number of anilines is 1. The van der Waals surface area contributed by atoms with E-state index in [0.29, 0.717) is 47.9 Å². The molecule has 2 aliphatic heterocycles. The number of likely N-dealkylation sites (tertiary alicyclic amines) is 1. The van der Waals surface area contributed by atoms with Gasteiger partial charge in [-0.05, 0) is 42.5 Å². The molecule has 0 aliphatic carbocycles. The van der Waals surface area contributed by atoms with Crippen LogP contribution in [-0.4, -0.2) is 47.7 Å². The second-order valence-corrected chi connectivity index (χ2v) is 7.72. The van der Waals surface area contributed by atoms with Crippen molar-refractivity contribution < 1.29 is 14.0 Å². The molecule has 29 heavy (non-hydrogen) atoms. The molecule has 0 unspecified atom stereocenters. The number of carbonyl (C=O) groups is 2. The van der Waals surface area contributed by atoms with E-state index in [-0.39, 0.29) is 24.2 Å². The lowest BCUT2D eigenvalue weighted by Gasteiger charge is -2.36. The van der Waals surface area contributed by atoms with Crippen LogP contribution in [0.15, 0.2) is 53.5 Å². The fourth-order valence-electron chi connectivity index (χ4n) is 3.65. The van der Waals surface area contributed by atoms with Gasteiger partial charge in [0.1, 0.15) is 17.2 Å². The molecule has 2 heterocycles. The molecule has 150 valence electrons. The zero-order chi connectivity index (χ0) is 20.4. The molecule has 6 nitrogen and oxygen atoms in total. The maximum atomic E-state index is 13.1. The smallest absolute Gasteiger partial charge is 0.272 e. The fourth-order valence-corrected chi connectivity index (χ4v) is 3.84. The minimum absolute atomic E-state index is 0.117. The number of benzene rings is 2. The lowest BCUT2D eigenvalue weighted by molar-refractivity contribution is -0.119. The number of hydrogen-bond donors (Lipinski definition) is 2. The van der Waals surface area contributed by atoms with Gasteiger partial charge in [-0.3, -0.25) is 19.5 Å². The highest BCUT2D eigenvalue weighted by Gasteiger charge is 2.42. The van der Waals surface area contributed by atoms with Crippen molar-refractivity contribution >= 4 is 34.8 Å². The molecular weight excluding hydrogens is 395 g/mol. The minimum Gasteiger partial charge on any atom is -0.326 e. The number of nitrogens with zero attached hydrogens (tertiary/aromatic N) is 2. The zero-order valence-corrected chi connectivity index (χ0v) is 16.4. The summed E-state index contributed by atoms with van der Waals surface area (Å²) in [6, 6.07) is 12.8. The topological polar surface area (TPSA) is 73.8 Å². The molecule has 0 radical (unpaired) electrons. The summed E-state index contributed by atoms with van der Waals surface area (Å²) < 4.78 is 13.1. The maximum Gasteiger partial charge on any atom is 0.272 e. The lowest BCUT2D eigenvalue weighted by atomic mass is 9.98. The van der Waals surface area contributed by atoms with E-state index >= 15 is 0 Å². The number of rotatable bonds is 4. The largest absolute Gasteiger partial charge is 0.326 e. The van der Waals surface area contributed by atoms with Crippen molar-refractivity contribution in [2.24, 2.45) is 4.99 Å². The maximum absolute atomic E-state index is 13.1. The molecule has 2 N–H and O–H groups in total. The summed E-state index contributed by atoms with van der Waals surface area (Å²) in [6.45, 7) is 1.51. The van der Waals surface area contributed by atoms with Crippen molar-refractivity contribution in [2.75, 3.05) is 25.0 Å². The van der Waals surface area contributed by atoms with Crippen LogP contribution in [0.25, 0.3) is 0 Å². The SMILES string of the molecule is O=C(CN1CCC2(CC1)N=C(c1ccc(F)cc1)C(=O)N2)Nc1cccc(Cl)c1. The summed E-state index contributed by atoms with van der Waals surface area (Å²) >= 11 is 5.94. The van der Waals surface area contributed by atoms with Gasteiger partial charge in [0, 0.05) is 42.2 Å². The number of nitrogens with one attached hydrogen (secondary N) is 2. The van der Waals surface area contributed by atoms with E-state index in [1.807, 2.05) is 4.90 Å². The monoisotopic (exact) mass is 414 g/mol. The van der Waals surface area contributed by atoms with E-state index in [1.54, 1.807) is 36.4 Å². The van der Waals surface area contributed by atoms with Crippen LogP contribution in [0.5, 0.6) is 0 Å². The number of piperidine rings is 1. The second kappa shape index (κ2) is 7.93. The Labute approximate surface area is 172 Å². The Morgan fingerprint density at radius 2 is 1.93 bits per heavy atom. The number of halogens is 2. The first kappa shape index (κ1) is 19.5. The van der Waals surface area contributed by atoms with Crippen molar-refractivity contribution in [1.29, 1.82) is 0 Å². The Kier molecular flexibility index (Phi) is 5.34. The molecule has 1 spiro atoms. The van der Waals surface area contributed by atoms with E-state index in [0.717, 1.165) is 0 Å². The summed E-state index contributed by atoms with van der Waals surface area (Å²) in [5, 5.41) is 6.38. The van der Waals surface area contributed by atoms with Gasteiger partial charge in [-0.25, -0.2) is 4.39 Å². The highest BCUT2D eigenvalue weighted by Crippen LogP contribution is 2.29. The second-order valence-electron chi connectivity index (χ2n) is 7.29. The Bertz CT molecular complexity index is 969. The lowest BCUT2D eigenvalue weighted by Crippen LogP contribution is -2.52. The van der Waals surface area contributed by atoms with E-state index in [4.69, 9.17) is 11.6 Å². The standard InChI is InChI=1S/C21H20ClFN4O2/c22-15-2-1-3-17(12-15)24-18(28)13-27-10-8-21(9-11-27)25-19(20(29)26-21)14-4-6-16(23)7-5-14/h1-7,12H,8-11,13H2,(H,24,28)(H,26,29). The fraction of sp³-hybridized carbons (Fsp3) is 0.286. The third-order valence-corrected chi connectivity index (χ3v) is 5.40. The van der Waals surface area contributed by atoms with Crippen LogP contribution in [0.1, 0.15) is 18.4 Å². The molecule has 8 heteroatoms. The first-order chi connectivity index (χ1) is 13.9. The summed E-state index contributed by atoms with van der Waals surface area (Å²) in [5.41, 5.74) is 0.939. The predicted molar refractivity (Wildman–Crippen MR) is 110 cm³/mol. The number of hydrogen-bond acceptors (Lipinski definition) is 4. The summed E-state index contributed by atoms with van der Waals surface area (Å²) in [6.07, 6.45) is 1.21. The molecule has 0 saturated carbocycles. The van der Waals surface area contributed by atoms with Crippen LogP contribution < -0.4 is 10.6 Å². The highest BCUT2D eigenvalue weighted by atomic mass is 35.5. The minimum atomic E-state index is -0.652. The van der Waals surface area contributed by atoms with Crippen molar-refractivity contribution in [3.05, 3.63) is 64.9 Å². The van der Waals surface area contributed by atoms with Crippen LogP contribution in [0.2, 0.25) is 5.02 Å². The molecule has 0 bridgehead atoms. The van der Waals surface area contributed by atoms with Gasteiger partial charge in [0.05, 0.1) is 6.54 Å². The van der Waals surface area contributed by atoms with Gasteiger partial charge in [0.15, 0.2) is 0 Å². The predicted octanol–water partition coefficient (Wildman–Crippen LogP) is 2.83. The van der Waals surface area contributed by atoms with E-state index < -0.39 is 5.66 Å². The molecule has 1 fully saturated rings. The van der Waals surface area contributed by atoms with Crippen molar-refractivity contribution in [3.63, 3.8) is 0 Å². The van der Waals surface area contributed by atoms with E-state index in [2.05, 4.69) is 15.6 Å². The van der Waals surface area contributed by atoms with Gasteiger partial charge in [-0.2, -0.15) is 0 Å². The Hall–Kier alpha value is -2.77. The third-order valence-electron chi connectivity index (χ3n) is 5.16. The summed E-state index contributed by atoms with van der Waals surface area (Å²) in [4.78, 5) is 31.4. The molecule has 0 atom stereocenters. The molecule has 2 aromatic rings. The van der Waals surface area contributed by atoms with Crippen molar-refractivity contribution in [3.8, 4) is 0 Å². The third kappa shape index (κ3) is 4.46. The molecule has 2 amide bonds. The van der Waals surface area contributed by atoms with Crippen molar-refractivity contribution in [1.82, 2.24) is 10.2 Å². The first-order valence-electron chi connectivity index (χ1n) is 9.39. The average molecular weight is 415 g/mol. The van der Waals surface area contributed by atoms with Crippen LogP contribution in [-0.2, 0) is 9.59 Å². The molecular formula is C21H20ClFN4O2. The normalized spacial score (nSPS) is 18.4. The molecule has 4 rings (SSSR count). The average Bonchev–Trinajstić information content (AvgIpc) is 3.00. The van der Waals surface area contributed by atoms with E-state index in [1.165, 1.54) is 12.1 Å². The van der Waals surface area contributed by atoms with Gasteiger partial charge >= 0.3 is 0 Å². The Balaban J connectivity index is 1.36. The van der Waals surface area contributed by atoms with Gasteiger partial charge < -0.3 is 10.6 Å². The van der Waals surface area contributed by atoms with Crippen LogP contribution in [0.3, 0.4) is 0 Å². The quantitative estimate of drug-likeness (QED) is 0.808. The van der Waals surface area contributed by atoms with Crippen LogP contribution in [0.4, 0.5) is 10.1 Å². The van der Waals surface area contributed by atoms with Crippen LogP contribution >= 0.6 is 11.6 Å². The van der Waals surface area contributed by atoms with Gasteiger partial charge in [-0.15, -0.1) is 0 Å². The summed E-state index contributed by atoms with van der Waals surface area (Å²) in [7, 11) is 0. The number of aliphatic imine (C=N–C) groups is 1. The van der Waals surface area contributed by atoms with Gasteiger partial charge in [-0.1, -0.05) is 17.7 Å². The molecule has 0 aromatic heterocycles. The highest BCUT2D eigenvalue weighted by molar-refractivity contribution is 6.46. The van der Waals surface area contributed by atoms with Crippen LogP contribution in [0, 0.1) is 5.82 Å². The van der Waals surface area contributed by atoms with Crippen molar-refractivity contribution in [2.45, 2.75) is 18.5 Å². The molecule has 2 aromatic carbocycles. The summed E-state index contributed by atoms with van der Waals surface area (Å²) in [5.74, 6) is -0.718. The molecule has 2 aliphatic rings. The van der Waals surface area contributed by atoms with Gasteiger partial charge in [0.25, 0.3) is 5.91 Å². The molecule has 1 saturated heterocycles. The number of carbonyl (C=O) groups excluding carboxylic acids is 2. The number of amides is 2.